The summed E-state index contributed by atoms with van der Waals surface area (Å²) < 4.78 is 38.4. The molecule has 2 aromatic carbocycles. The fraction of sp³-hybridized carbons (Fsp3) is 0.480. The molecule has 1 N–H and O–H groups in total. The van der Waals surface area contributed by atoms with E-state index in [4.69, 9.17) is 9.47 Å². The van der Waals surface area contributed by atoms with E-state index in [9.17, 15) is 13.2 Å². The van der Waals surface area contributed by atoms with Crippen molar-refractivity contribution in [3.8, 4) is 11.5 Å². The molecule has 1 saturated heterocycles. The van der Waals surface area contributed by atoms with E-state index in [0.29, 0.717) is 30.3 Å². The summed E-state index contributed by atoms with van der Waals surface area (Å²) in [6.45, 7) is 6.21. The maximum absolute atomic E-state index is 13.2. The Labute approximate surface area is 200 Å². The molecule has 0 bridgehead atoms. The van der Waals surface area contributed by atoms with Crippen molar-refractivity contribution in [2.24, 2.45) is 0 Å². The first kappa shape index (κ1) is 23.1. The van der Waals surface area contributed by atoms with E-state index in [1.165, 1.54) is 0 Å². The second-order valence-corrected chi connectivity index (χ2v) is 11.5. The van der Waals surface area contributed by atoms with Gasteiger partial charge in [0.25, 0.3) is 0 Å². The molecule has 0 spiro atoms. The molecule has 182 valence electrons. The maximum Gasteiger partial charge on any atom is 0.243 e. The Kier molecular flexibility index (Phi) is 6.03. The molecule has 0 aromatic heterocycles. The van der Waals surface area contributed by atoms with Gasteiger partial charge in [-0.25, -0.2) is 8.42 Å². The zero-order chi connectivity index (χ0) is 23.9. The van der Waals surface area contributed by atoms with Crippen molar-refractivity contribution in [1.29, 1.82) is 0 Å². The summed E-state index contributed by atoms with van der Waals surface area (Å²) in [6.07, 6.45) is 3.38. The summed E-state index contributed by atoms with van der Waals surface area (Å²) >= 11 is 0. The fourth-order valence-electron chi connectivity index (χ4n) is 4.85. The molecular weight excluding hydrogens is 454 g/mol. The summed E-state index contributed by atoms with van der Waals surface area (Å²) in [5, 5.41) is 3.38. The minimum Gasteiger partial charge on any atom is -0.454 e. The van der Waals surface area contributed by atoms with Crippen molar-refractivity contribution < 1.29 is 22.7 Å². The second kappa shape index (κ2) is 8.87. The third-order valence-electron chi connectivity index (χ3n) is 6.95. The Morgan fingerprint density at radius 3 is 2.56 bits per heavy atom. The van der Waals surface area contributed by atoms with Gasteiger partial charge in [-0.15, -0.1) is 0 Å². The van der Waals surface area contributed by atoms with E-state index in [1.807, 2.05) is 32.0 Å². The molecule has 0 radical (unpaired) electrons. The predicted molar refractivity (Wildman–Crippen MR) is 129 cm³/mol. The number of aryl methyl sites for hydroxylation is 1. The van der Waals surface area contributed by atoms with Gasteiger partial charge in [-0.3, -0.25) is 10.1 Å². The van der Waals surface area contributed by atoms with Crippen LogP contribution in [0.5, 0.6) is 11.5 Å². The number of benzene rings is 2. The summed E-state index contributed by atoms with van der Waals surface area (Å²) in [7, 11) is -3.48. The van der Waals surface area contributed by atoms with Crippen LogP contribution < -0.4 is 19.7 Å². The van der Waals surface area contributed by atoms with Crippen LogP contribution in [0.4, 0.5) is 5.69 Å². The minimum absolute atomic E-state index is 0.0371. The van der Waals surface area contributed by atoms with Crippen LogP contribution in [0.2, 0.25) is 0 Å². The number of sulfonamides is 1. The number of carbonyl (C=O) groups is 1. The number of anilines is 1. The van der Waals surface area contributed by atoms with E-state index >= 15 is 0 Å². The molecule has 8 nitrogen and oxygen atoms in total. The molecule has 0 aliphatic carbocycles. The van der Waals surface area contributed by atoms with Gasteiger partial charge >= 0.3 is 0 Å². The van der Waals surface area contributed by atoms with E-state index in [-0.39, 0.29) is 19.2 Å². The van der Waals surface area contributed by atoms with Gasteiger partial charge in [0.1, 0.15) is 0 Å². The molecule has 9 heteroatoms. The Morgan fingerprint density at radius 1 is 1.00 bits per heavy atom. The molecule has 0 saturated carbocycles. The van der Waals surface area contributed by atoms with Crippen LogP contribution in [0, 0.1) is 0 Å². The largest absolute Gasteiger partial charge is 0.454 e. The number of hydrogen-bond donors (Lipinski definition) is 1. The highest BCUT2D eigenvalue weighted by molar-refractivity contribution is 7.89. The van der Waals surface area contributed by atoms with E-state index in [0.717, 1.165) is 48.2 Å². The molecule has 3 aliphatic rings. The van der Waals surface area contributed by atoms with Crippen molar-refractivity contribution in [3.05, 3.63) is 47.5 Å². The lowest BCUT2D eigenvalue weighted by atomic mass is 9.93. The highest BCUT2D eigenvalue weighted by Gasteiger charge is 2.31. The smallest absolute Gasteiger partial charge is 0.243 e. The van der Waals surface area contributed by atoms with Crippen LogP contribution in [-0.4, -0.2) is 51.6 Å². The average Bonchev–Trinajstić information content (AvgIpc) is 3.54. The lowest BCUT2D eigenvalue weighted by molar-refractivity contribution is -0.118. The highest BCUT2D eigenvalue weighted by atomic mass is 32.2. The van der Waals surface area contributed by atoms with E-state index < -0.39 is 15.6 Å². The van der Waals surface area contributed by atoms with Gasteiger partial charge in [-0.05, 0) is 81.0 Å². The normalized spacial score (nSPS) is 18.2. The summed E-state index contributed by atoms with van der Waals surface area (Å²) in [6, 6.07) is 11.0. The fourth-order valence-corrected chi connectivity index (χ4v) is 6.42. The van der Waals surface area contributed by atoms with Crippen molar-refractivity contribution in [2.45, 2.75) is 50.0 Å². The number of carbonyl (C=O) groups excluding carboxylic acids is 1. The lowest BCUT2D eigenvalue weighted by Gasteiger charge is -2.32. The van der Waals surface area contributed by atoms with Gasteiger partial charge < -0.3 is 14.4 Å². The monoisotopic (exact) mass is 485 g/mol. The zero-order valence-electron chi connectivity index (χ0n) is 19.7. The van der Waals surface area contributed by atoms with Crippen LogP contribution in [0.1, 0.15) is 44.2 Å². The predicted octanol–water partition coefficient (Wildman–Crippen LogP) is 3.00. The Morgan fingerprint density at radius 2 is 1.76 bits per heavy atom. The lowest BCUT2D eigenvalue weighted by Crippen LogP contribution is -2.46. The minimum atomic E-state index is -3.48. The Balaban J connectivity index is 1.30. The van der Waals surface area contributed by atoms with Crippen LogP contribution in [0.15, 0.2) is 41.3 Å². The number of rotatable bonds is 6. The quantitative estimate of drug-likeness (QED) is 0.677. The van der Waals surface area contributed by atoms with E-state index in [2.05, 4.69) is 5.32 Å². The number of amides is 1. The summed E-state index contributed by atoms with van der Waals surface area (Å²) in [5.41, 5.74) is 2.26. The van der Waals surface area contributed by atoms with Gasteiger partial charge in [-0.2, -0.15) is 4.31 Å². The number of fused-ring (bicyclic) bond motifs is 2. The number of ether oxygens (including phenoxy) is 2. The summed E-state index contributed by atoms with van der Waals surface area (Å²) in [4.78, 5) is 15.3. The van der Waals surface area contributed by atoms with Gasteiger partial charge in [0.15, 0.2) is 11.5 Å². The molecule has 0 unspecified atom stereocenters. The third kappa shape index (κ3) is 4.28. The Hall–Kier alpha value is -2.62. The maximum atomic E-state index is 13.2. The third-order valence-corrected chi connectivity index (χ3v) is 8.84. The number of hydrogen-bond acceptors (Lipinski definition) is 6. The second-order valence-electron chi connectivity index (χ2n) is 9.60. The average molecular weight is 486 g/mol. The molecule has 2 aromatic rings. The van der Waals surface area contributed by atoms with Crippen LogP contribution in [0.25, 0.3) is 0 Å². The van der Waals surface area contributed by atoms with Crippen LogP contribution in [-0.2, 0) is 26.8 Å². The number of nitrogens with one attached hydrogen (secondary N) is 1. The molecule has 5 rings (SSSR count). The van der Waals surface area contributed by atoms with Gasteiger partial charge in [-0.1, -0.05) is 6.07 Å². The molecule has 3 aliphatic heterocycles. The highest BCUT2D eigenvalue weighted by Crippen LogP contribution is 2.36. The first-order chi connectivity index (χ1) is 16.3. The van der Waals surface area contributed by atoms with Gasteiger partial charge in [0.05, 0.1) is 11.4 Å². The molecule has 1 amide bonds. The first-order valence-corrected chi connectivity index (χ1v) is 13.3. The van der Waals surface area contributed by atoms with E-state index in [1.54, 1.807) is 27.4 Å². The Bertz CT molecular complexity index is 1210. The molecule has 1 fully saturated rings. The van der Waals surface area contributed by atoms with Gasteiger partial charge in [0, 0.05) is 30.9 Å². The molecule has 0 atom stereocenters. The van der Waals surface area contributed by atoms with Crippen molar-refractivity contribution in [3.63, 3.8) is 0 Å². The molecule has 34 heavy (non-hydrogen) atoms. The van der Waals surface area contributed by atoms with Crippen LogP contribution >= 0.6 is 0 Å². The molecule has 3 heterocycles. The topological polar surface area (TPSA) is 88.2 Å². The zero-order valence-corrected chi connectivity index (χ0v) is 20.5. The summed E-state index contributed by atoms with van der Waals surface area (Å²) in [5.74, 6) is 1.40. The van der Waals surface area contributed by atoms with Crippen molar-refractivity contribution in [2.75, 3.05) is 37.9 Å². The number of nitrogens with zero attached hydrogens (tertiary/aromatic N) is 2. The standard InChI is InChI=1S/C25H31N3O5S/c1-25(2,19-7-10-22-23(15-19)33-17-32-22)26-16-24(29)28-13-5-6-18-14-20(8-9-21(18)28)34(30,31)27-11-3-4-12-27/h7-10,14-15,26H,3-6,11-13,16-17H2,1-2H3. The van der Waals surface area contributed by atoms with Gasteiger partial charge in [0.2, 0.25) is 22.7 Å². The van der Waals surface area contributed by atoms with Crippen molar-refractivity contribution >= 4 is 21.6 Å². The van der Waals surface area contributed by atoms with Crippen LogP contribution in [0.3, 0.4) is 0 Å². The van der Waals surface area contributed by atoms with Crippen molar-refractivity contribution in [1.82, 2.24) is 9.62 Å². The SMILES string of the molecule is CC(C)(NCC(=O)N1CCCc2cc(S(=O)(=O)N3CCCC3)ccc21)c1ccc2c(c1)OCO2. The first-order valence-electron chi connectivity index (χ1n) is 11.8. The molecular formula is C25H31N3O5S.